The predicted octanol–water partition coefficient (Wildman–Crippen LogP) is 6.68. The third kappa shape index (κ3) is 4.28. The van der Waals surface area contributed by atoms with E-state index in [0.717, 1.165) is 31.0 Å². The minimum Gasteiger partial charge on any atom is -0.322 e. The number of anilines is 1. The highest BCUT2D eigenvalue weighted by atomic mass is 32.2. The Labute approximate surface area is 193 Å². The van der Waals surface area contributed by atoms with Gasteiger partial charge in [0, 0.05) is 16.8 Å². The molecule has 5 aromatic rings. The summed E-state index contributed by atoms with van der Waals surface area (Å²) in [6.45, 7) is 0. The first kappa shape index (κ1) is 20.4. The summed E-state index contributed by atoms with van der Waals surface area (Å²) in [6.07, 6.45) is 0. The average molecular weight is 455 g/mol. The van der Waals surface area contributed by atoms with Gasteiger partial charge in [0.2, 0.25) is 0 Å². The van der Waals surface area contributed by atoms with Gasteiger partial charge in [0.05, 0.1) is 16.0 Å². The van der Waals surface area contributed by atoms with Crippen LogP contribution in [0.4, 0.5) is 5.69 Å². The lowest BCUT2D eigenvalue weighted by molar-refractivity contribution is 0.101. The minimum atomic E-state index is -0.145. The van der Waals surface area contributed by atoms with Crippen LogP contribution in [0.2, 0.25) is 0 Å². The van der Waals surface area contributed by atoms with E-state index in [1.807, 2.05) is 91.0 Å². The van der Waals surface area contributed by atoms with Crippen molar-refractivity contribution in [3.8, 4) is 0 Å². The number of thiazole rings is 1. The second-order valence-corrected chi connectivity index (χ2v) is 9.47. The second kappa shape index (κ2) is 8.94. The topological polar surface area (TPSA) is 59.1 Å². The van der Waals surface area contributed by atoms with Crippen LogP contribution >= 0.6 is 23.1 Å². The van der Waals surface area contributed by atoms with E-state index >= 15 is 0 Å². The van der Waals surface area contributed by atoms with Crippen molar-refractivity contribution in [3.63, 3.8) is 0 Å². The molecule has 0 spiro atoms. The van der Waals surface area contributed by atoms with E-state index in [1.165, 1.54) is 23.1 Å². The van der Waals surface area contributed by atoms with Crippen LogP contribution in [-0.2, 0) is 0 Å². The third-order valence-corrected chi connectivity index (χ3v) is 7.24. The summed E-state index contributed by atoms with van der Waals surface area (Å²) in [4.78, 5) is 29.9. The highest BCUT2D eigenvalue weighted by Crippen LogP contribution is 2.32. The molecule has 4 nitrogen and oxygen atoms in total. The van der Waals surface area contributed by atoms with E-state index in [0.29, 0.717) is 16.9 Å². The molecule has 0 saturated carbocycles. The number of aromatic nitrogens is 1. The summed E-state index contributed by atoms with van der Waals surface area (Å²) in [5.74, 6) is 0.278. The van der Waals surface area contributed by atoms with Gasteiger partial charge in [0.15, 0.2) is 10.1 Å². The van der Waals surface area contributed by atoms with Crippen molar-refractivity contribution in [2.45, 2.75) is 4.34 Å². The Morgan fingerprint density at radius 1 is 0.875 bits per heavy atom. The highest BCUT2D eigenvalue weighted by Gasteiger charge is 2.13. The first-order chi connectivity index (χ1) is 15.7. The van der Waals surface area contributed by atoms with Gasteiger partial charge in [-0.2, -0.15) is 0 Å². The van der Waals surface area contributed by atoms with Gasteiger partial charge in [-0.25, -0.2) is 4.98 Å². The molecule has 0 fully saturated rings. The molecule has 5 rings (SSSR count). The van der Waals surface area contributed by atoms with Gasteiger partial charge in [-0.15, -0.1) is 11.3 Å². The number of nitrogens with zero attached hydrogens (tertiary/aromatic N) is 1. The van der Waals surface area contributed by atoms with Crippen LogP contribution in [0.5, 0.6) is 0 Å². The number of hydrogen-bond donors (Lipinski definition) is 1. The highest BCUT2D eigenvalue weighted by molar-refractivity contribution is 8.01. The normalized spacial score (nSPS) is 11.0. The molecule has 0 atom stereocenters. The summed E-state index contributed by atoms with van der Waals surface area (Å²) < 4.78 is 1.80. The second-order valence-electron chi connectivity index (χ2n) is 7.22. The maximum absolute atomic E-state index is 12.9. The molecule has 0 unspecified atom stereocenters. The largest absolute Gasteiger partial charge is 0.322 e. The van der Waals surface area contributed by atoms with Crippen LogP contribution in [0.15, 0.2) is 95.3 Å². The number of carbonyl (C=O) groups excluding carboxylic acids is 2. The van der Waals surface area contributed by atoms with E-state index in [9.17, 15) is 9.59 Å². The van der Waals surface area contributed by atoms with Crippen molar-refractivity contribution >= 4 is 61.5 Å². The van der Waals surface area contributed by atoms with Crippen LogP contribution in [0, 0.1) is 0 Å². The maximum atomic E-state index is 12.9. The number of Topliss-reactive ketones (excluding diaryl/α,β-unsaturated/α-hetero) is 1. The van der Waals surface area contributed by atoms with Crippen molar-refractivity contribution in [2.24, 2.45) is 0 Å². The SMILES string of the molecule is O=C(CSc1nc2ccc(NC(=O)c3cccc4ccccc34)cc2s1)c1ccccc1. The van der Waals surface area contributed by atoms with Crippen molar-refractivity contribution in [1.82, 2.24) is 4.98 Å². The molecule has 6 heteroatoms. The number of amides is 1. The molecular weight excluding hydrogens is 436 g/mol. The zero-order chi connectivity index (χ0) is 21.9. The summed E-state index contributed by atoms with van der Waals surface area (Å²) in [5, 5.41) is 4.96. The van der Waals surface area contributed by atoms with E-state index < -0.39 is 0 Å². The Bertz CT molecular complexity index is 1440. The number of carbonyl (C=O) groups is 2. The number of fused-ring (bicyclic) bond motifs is 2. The molecule has 156 valence electrons. The molecule has 1 aromatic heterocycles. The minimum absolute atomic E-state index is 0.0814. The average Bonchev–Trinajstić information content (AvgIpc) is 3.25. The van der Waals surface area contributed by atoms with Crippen LogP contribution in [-0.4, -0.2) is 22.4 Å². The number of ketones is 1. The molecule has 32 heavy (non-hydrogen) atoms. The van der Waals surface area contributed by atoms with Crippen molar-refractivity contribution in [1.29, 1.82) is 0 Å². The molecule has 0 aliphatic carbocycles. The molecule has 0 radical (unpaired) electrons. The standard InChI is InChI=1S/C26H18N2O2S2/c29-23(18-8-2-1-3-9-18)16-31-26-28-22-14-13-19(15-24(22)32-26)27-25(30)21-12-6-10-17-7-4-5-11-20(17)21/h1-15H,16H2,(H,27,30). The van der Waals surface area contributed by atoms with E-state index in [4.69, 9.17) is 0 Å². The molecule has 0 bridgehead atoms. The zero-order valence-corrected chi connectivity index (χ0v) is 18.6. The fourth-order valence-electron chi connectivity index (χ4n) is 3.50. The first-order valence-corrected chi connectivity index (χ1v) is 11.9. The first-order valence-electron chi connectivity index (χ1n) is 10.1. The maximum Gasteiger partial charge on any atom is 0.256 e. The Hall–Kier alpha value is -3.48. The molecule has 1 heterocycles. The number of nitrogens with one attached hydrogen (secondary N) is 1. The molecule has 0 aliphatic heterocycles. The molecular formula is C26H18N2O2S2. The van der Waals surface area contributed by atoms with Crippen molar-refractivity contribution in [3.05, 3.63) is 102 Å². The predicted molar refractivity (Wildman–Crippen MR) is 133 cm³/mol. The monoisotopic (exact) mass is 454 g/mol. The van der Waals surface area contributed by atoms with Gasteiger partial charge >= 0.3 is 0 Å². The quantitative estimate of drug-likeness (QED) is 0.230. The van der Waals surface area contributed by atoms with Crippen molar-refractivity contribution < 1.29 is 9.59 Å². The van der Waals surface area contributed by atoms with Crippen LogP contribution < -0.4 is 5.32 Å². The summed E-state index contributed by atoms with van der Waals surface area (Å²) in [5.41, 5.74) is 2.92. The van der Waals surface area contributed by atoms with Gasteiger partial charge in [-0.05, 0) is 35.0 Å². The van der Waals surface area contributed by atoms with Gasteiger partial charge in [-0.3, -0.25) is 9.59 Å². The zero-order valence-electron chi connectivity index (χ0n) is 16.9. The van der Waals surface area contributed by atoms with E-state index in [1.54, 1.807) is 0 Å². The lowest BCUT2D eigenvalue weighted by Gasteiger charge is -2.08. The summed E-state index contributed by atoms with van der Waals surface area (Å²) in [6, 6.07) is 28.5. The lowest BCUT2D eigenvalue weighted by atomic mass is 10.0. The fraction of sp³-hybridized carbons (Fsp3) is 0.0385. The van der Waals surface area contributed by atoms with E-state index in [-0.39, 0.29) is 11.7 Å². The molecule has 0 saturated heterocycles. The van der Waals surface area contributed by atoms with Gasteiger partial charge in [-0.1, -0.05) is 78.5 Å². The van der Waals surface area contributed by atoms with Crippen molar-refractivity contribution in [2.75, 3.05) is 11.1 Å². The smallest absolute Gasteiger partial charge is 0.256 e. The van der Waals surface area contributed by atoms with Gasteiger partial charge < -0.3 is 5.32 Å². The number of hydrogen-bond acceptors (Lipinski definition) is 5. The Morgan fingerprint density at radius 2 is 1.66 bits per heavy atom. The Morgan fingerprint density at radius 3 is 2.53 bits per heavy atom. The molecule has 1 N–H and O–H groups in total. The summed E-state index contributed by atoms with van der Waals surface area (Å²) in [7, 11) is 0. The summed E-state index contributed by atoms with van der Waals surface area (Å²) >= 11 is 2.96. The third-order valence-electron chi connectivity index (χ3n) is 5.08. The molecule has 1 amide bonds. The number of thioether (sulfide) groups is 1. The lowest BCUT2D eigenvalue weighted by Crippen LogP contribution is -2.12. The Kier molecular flexibility index (Phi) is 5.71. The Balaban J connectivity index is 1.31. The van der Waals surface area contributed by atoms with Gasteiger partial charge in [0.1, 0.15) is 0 Å². The number of benzene rings is 4. The van der Waals surface area contributed by atoms with E-state index in [2.05, 4.69) is 10.3 Å². The van der Waals surface area contributed by atoms with Gasteiger partial charge in [0.25, 0.3) is 5.91 Å². The van der Waals surface area contributed by atoms with Crippen LogP contribution in [0.3, 0.4) is 0 Å². The fourth-order valence-corrected chi connectivity index (χ4v) is 5.50. The molecule has 0 aliphatic rings. The molecule has 4 aromatic carbocycles. The van der Waals surface area contributed by atoms with Crippen LogP contribution in [0.25, 0.3) is 21.0 Å². The van der Waals surface area contributed by atoms with Crippen LogP contribution in [0.1, 0.15) is 20.7 Å². The number of rotatable bonds is 6.